The number of nitrogens with one attached hydrogen (secondary N) is 1. The van der Waals surface area contributed by atoms with Crippen LogP contribution >= 0.6 is 0 Å². The minimum atomic E-state index is -1.66. The van der Waals surface area contributed by atoms with Crippen LogP contribution in [0.25, 0.3) is 0 Å². The van der Waals surface area contributed by atoms with Crippen molar-refractivity contribution in [1.29, 1.82) is 0 Å². The Labute approximate surface area is 360 Å². The van der Waals surface area contributed by atoms with Gasteiger partial charge in [-0.05, 0) is 38.5 Å². The molecule has 59 heavy (non-hydrogen) atoms. The summed E-state index contributed by atoms with van der Waals surface area (Å²) in [6.07, 6.45) is 29.9. The van der Waals surface area contributed by atoms with Crippen LogP contribution in [0.4, 0.5) is 0 Å². The molecule has 9 atom stereocenters. The summed E-state index contributed by atoms with van der Waals surface area (Å²) < 4.78 is 11.1. The third-order valence-corrected chi connectivity index (χ3v) is 12.1. The maximum absolute atomic E-state index is 13.1. The summed E-state index contributed by atoms with van der Waals surface area (Å²) in [5.41, 5.74) is 0. The molecule has 1 fully saturated rings. The number of aliphatic hydroxyl groups excluding tert-OH is 7. The van der Waals surface area contributed by atoms with Gasteiger partial charge in [-0.15, -0.1) is 0 Å². The monoisotopic (exact) mass is 844 g/mol. The van der Waals surface area contributed by atoms with E-state index < -0.39 is 74.2 Å². The summed E-state index contributed by atoms with van der Waals surface area (Å²) in [4.78, 5) is 13.1. The summed E-state index contributed by atoms with van der Waals surface area (Å²) in [5, 5.41) is 75.6. The van der Waals surface area contributed by atoms with Crippen LogP contribution in [-0.4, -0.2) is 110 Å². The fourth-order valence-electron chi connectivity index (χ4n) is 7.97. The lowest BCUT2D eigenvalue weighted by molar-refractivity contribution is -0.303. The Morgan fingerprint density at radius 2 is 1.00 bits per heavy atom. The number of aliphatic hydroxyl groups is 7. The Morgan fingerprint density at radius 1 is 0.576 bits per heavy atom. The van der Waals surface area contributed by atoms with Crippen molar-refractivity contribution in [3.8, 4) is 0 Å². The smallest absolute Gasteiger partial charge is 0.249 e. The van der Waals surface area contributed by atoms with E-state index >= 15 is 0 Å². The summed E-state index contributed by atoms with van der Waals surface area (Å²) in [7, 11) is 0. The topological polar surface area (TPSA) is 189 Å². The van der Waals surface area contributed by atoms with Gasteiger partial charge in [0, 0.05) is 0 Å². The van der Waals surface area contributed by atoms with Gasteiger partial charge in [0.2, 0.25) is 5.91 Å². The molecule has 0 aromatic carbocycles. The predicted molar refractivity (Wildman–Crippen MR) is 238 cm³/mol. The third-order valence-electron chi connectivity index (χ3n) is 12.1. The third kappa shape index (κ3) is 28.2. The number of allylic oxidation sites excluding steroid dienone is 2. The van der Waals surface area contributed by atoms with Gasteiger partial charge in [0.25, 0.3) is 0 Å². The largest absolute Gasteiger partial charge is 0.394 e. The molecule has 0 spiro atoms. The van der Waals surface area contributed by atoms with Crippen LogP contribution in [0.5, 0.6) is 0 Å². The maximum Gasteiger partial charge on any atom is 0.249 e. The lowest BCUT2D eigenvalue weighted by Gasteiger charge is -2.40. The first-order valence-corrected chi connectivity index (χ1v) is 24.6. The van der Waals surface area contributed by atoms with Gasteiger partial charge in [-0.2, -0.15) is 0 Å². The highest BCUT2D eigenvalue weighted by Gasteiger charge is 2.44. The number of amides is 1. The zero-order chi connectivity index (χ0) is 43.4. The quantitative estimate of drug-likeness (QED) is 0.0219. The number of unbranched alkanes of at least 4 members (excludes halogenated alkanes) is 27. The zero-order valence-corrected chi connectivity index (χ0v) is 37.7. The Balaban J connectivity index is 2.37. The average Bonchev–Trinajstić information content (AvgIpc) is 3.23. The molecule has 0 aliphatic carbocycles. The number of carbonyl (C=O) groups excluding carboxylic acids is 1. The van der Waals surface area contributed by atoms with Gasteiger partial charge in [0.1, 0.15) is 36.6 Å². The minimum Gasteiger partial charge on any atom is -0.394 e. The van der Waals surface area contributed by atoms with E-state index in [1.807, 2.05) is 0 Å². The number of rotatable bonds is 41. The molecule has 0 bridgehead atoms. The fraction of sp³-hybridized carbons (Fsp3) is 0.938. The van der Waals surface area contributed by atoms with E-state index in [9.17, 15) is 40.5 Å². The van der Waals surface area contributed by atoms with E-state index in [0.717, 1.165) is 38.5 Å². The van der Waals surface area contributed by atoms with Crippen molar-refractivity contribution in [1.82, 2.24) is 5.32 Å². The second kappa shape index (κ2) is 38.5. The SMILES string of the molecule is CCCCCCCC/C=C/CCCC(O)C(O)C(COC1OC(CO)C(O)C(O)C1O)NC(=O)C(O)CCCCCCCCCCCCCCCCCCCCCCC. The molecule has 8 N–H and O–H groups in total. The van der Waals surface area contributed by atoms with E-state index in [1.54, 1.807) is 0 Å². The Bertz CT molecular complexity index is 970. The maximum atomic E-state index is 13.1. The van der Waals surface area contributed by atoms with Crippen LogP contribution in [-0.2, 0) is 14.3 Å². The van der Waals surface area contributed by atoms with E-state index in [0.29, 0.717) is 12.8 Å². The van der Waals surface area contributed by atoms with Crippen molar-refractivity contribution >= 4 is 5.91 Å². The van der Waals surface area contributed by atoms with E-state index in [4.69, 9.17) is 9.47 Å². The molecule has 11 nitrogen and oxygen atoms in total. The van der Waals surface area contributed by atoms with Gasteiger partial charge in [0.05, 0.1) is 25.4 Å². The van der Waals surface area contributed by atoms with Crippen molar-refractivity contribution in [2.45, 2.75) is 274 Å². The van der Waals surface area contributed by atoms with Crippen LogP contribution in [0.1, 0.15) is 219 Å². The van der Waals surface area contributed by atoms with Crippen LogP contribution < -0.4 is 5.32 Å². The predicted octanol–water partition coefficient (Wildman–Crippen LogP) is 8.45. The first-order chi connectivity index (χ1) is 28.7. The van der Waals surface area contributed by atoms with Crippen molar-refractivity contribution in [2.24, 2.45) is 0 Å². The number of carbonyl (C=O) groups is 1. The van der Waals surface area contributed by atoms with Crippen molar-refractivity contribution in [3.05, 3.63) is 12.2 Å². The summed E-state index contributed by atoms with van der Waals surface area (Å²) in [5.74, 6) is -0.704. The molecule has 0 aromatic heterocycles. The van der Waals surface area contributed by atoms with E-state index in [-0.39, 0.29) is 12.8 Å². The Morgan fingerprint density at radius 3 is 1.46 bits per heavy atom. The highest BCUT2D eigenvalue weighted by atomic mass is 16.7. The molecule has 1 amide bonds. The first-order valence-electron chi connectivity index (χ1n) is 24.6. The van der Waals surface area contributed by atoms with Crippen molar-refractivity contribution in [3.63, 3.8) is 0 Å². The van der Waals surface area contributed by atoms with Crippen LogP contribution in [0.3, 0.4) is 0 Å². The highest BCUT2D eigenvalue weighted by molar-refractivity contribution is 5.80. The second-order valence-corrected chi connectivity index (χ2v) is 17.5. The van der Waals surface area contributed by atoms with E-state index in [2.05, 4.69) is 31.3 Å². The molecule has 1 aliphatic heterocycles. The summed E-state index contributed by atoms with van der Waals surface area (Å²) in [6, 6.07) is -1.18. The van der Waals surface area contributed by atoms with E-state index in [1.165, 1.54) is 141 Å². The Kier molecular flexibility index (Phi) is 36.5. The molecular weight excluding hydrogens is 751 g/mol. The van der Waals surface area contributed by atoms with Gasteiger partial charge in [-0.3, -0.25) is 4.79 Å². The van der Waals surface area contributed by atoms with Gasteiger partial charge < -0.3 is 50.5 Å². The summed E-state index contributed by atoms with van der Waals surface area (Å²) >= 11 is 0. The molecule has 1 saturated heterocycles. The van der Waals surface area contributed by atoms with Gasteiger partial charge in [-0.25, -0.2) is 0 Å². The Hall–Kier alpha value is -1.15. The molecule has 350 valence electrons. The van der Waals surface area contributed by atoms with Crippen LogP contribution in [0, 0.1) is 0 Å². The molecular formula is C48H93NO10. The average molecular weight is 844 g/mol. The van der Waals surface area contributed by atoms with Gasteiger partial charge in [-0.1, -0.05) is 193 Å². The van der Waals surface area contributed by atoms with Gasteiger partial charge >= 0.3 is 0 Å². The lowest BCUT2D eigenvalue weighted by Crippen LogP contribution is -2.60. The molecule has 1 rings (SSSR count). The second-order valence-electron chi connectivity index (χ2n) is 17.5. The normalized spacial score (nSPS) is 21.8. The fourth-order valence-corrected chi connectivity index (χ4v) is 7.97. The molecule has 0 saturated carbocycles. The molecule has 1 aliphatic rings. The van der Waals surface area contributed by atoms with Gasteiger partial charge in [0.15, 0.2) is 6.29 Å². The molecule has 9 unspecified atom stereocenters. The van der Waals surface area contributed by atoms with Crippen molar-refractivity contribution in [2.75, 3.05) is 13.2 Å². The number of hydrogen-bond donors (Lipinski definition) is 8. The first kappa shape index (κ1) is 55.9. The molecule has 0 radical (unpaired) electrons. The number of hydrogen-bond acceptors (Lipinski definition) is 10. The van der Waals surface area contributed by atoms with Crippen LogP contribution in [0.2, 0.25) is 0 Å². The standard InChI is InChI=1S/C48H93NO10/c1-3-5-7-9-11-13-15-16-17-18-19-20-21-22-23-24-26-28-30-32-34-36-41(52)47(57)49-39(38-58-48-46(56)45(55)44(54)42(37-50)59-48)43(53)40(51)35-33-31-29-27-25-14-12-10-8-6-4-2/h27,29,39-46,48,50-56H,3-26,28,30-38H2,1-2H3,(H,49,57)/b29-27+. The minimum absolute atomic E-state index is 0.259. The highest BCUT2D eigenvalue weighted by Crippen LogP contribution is 2.23. The molecule has 11 heteroatoms. The number of ether oxygens (including phenoxy) is 2. The van der Waals surface area contributed by atoms with Crippen molar-refractivity contribution < 1.29 is 50.0 Å². The molecule has 1 heterocycles. The zero-order valence-electron chi connectivity index (χ0n) is 37.7. The molecule has 0 aromatic rings. The van der Waals surface area contributed by atoms with Crippen LogP contribution in [0.15, 0.2) is 12.2 Å². The lowest BCUT2D eigenvalue weighted by atomic mass is 9.98. The summed E-state index contributed by atoms with van der Waals surface area (Å²) in [6.45, 7) is 3.42.